The van der Waals surface area contributed by atoms with Crippen molar-refractivity contribution in [2.24, 2.45) is 0 Å². The van der Waals surface area contributed by atoms with E-state index in [0.717, 1.165) is 10.4 Å². The van der Waals surface area contributed by atoms with Gasteiger partial charge >= 0.3 is 0 Å². The first-order valence-electron chi connectivity index (χ1n) is 9.55. The van der Waals surface area contributed by atoms with Crippen molar-refractivity contribution >= 4 is 34.0 Å². The van der Waals surface area contributed by atoms with Crippen molar-refractivity contribution in [3.8, 4) is 22.8 Å². The molecule has 3 aromatic heterocycles. The molecule has 0 fully saturated rings. The first kappa shape index (κ1) is 18.6. The Morgan fingerprint density at radius 2 is 1.87 bits per heavy atom. The van der Waals surface area contributed by atoms with Gasteiger partial charge in [-0.3, -0.25) is 4.79 Å². The van der Waals surface area contributed by atoms with Gasteiger partial charge in [0.15, 0.2) is 11.5 Å². The van der Waals surface area contributed by atoms with Crippen LogP contribution in [0, 0.1) is 20.8 Å². The zero-order valence-electron chi connectivity index (χ0n) is 16.7. The van der Waals surface area contributed by atoms with Crippen molar-refractivity contribution in [2.45, 2.75) is 20.8 Å². The number of nitrogens with one attached hydrogen (secondary N) is 1. The van der Waals surface area contributed by atoms with Crippen LogP contribution in [-0.2, 0) is 0 Å². The average molecular weight is 421 g/mol. The van der Waals surface area contributed by atoms with Crippen molar-refractivity contribution in [2.75, 3.05) is 18.5 Å². The van der Waals surface area contributed by atoms with E-state index in [1.165, 1.54) is 4.88 Å². The molecule has 0 atom stereocenters. The van der Waals surface area contributed by atoms with Crippen LogP contribution >= 0.6 is 11.3 Å². The van der Waals surface area contributed by atoms with Crippen LogP contribution in [0.5, 0.6) is 11.5 Å². The number of amides is 1. The number of hydrogen-bond donors (Lipinski definition) is 1. The summed E-state index contributed by atoms with van der Waals surface area (Å²) in [6.45, 7) is 6.89. The number of aromatic nitrogens is 2. The van der Waals surface area contributed by atoms with E-state index in [9.17, 15) is 4.79 Å². The van der Waals surface area contributed by atoms with Crippen LogP contribution in [0.2, 0.25) is 0 Å². The Morgan fingerprint density at radius 3 is 2.63 bits per heavy atom. The Balaban J connectivity index is 1.56. The molecule has 4 heterocycles. The average Bonchev–Trinajstić information content (AvgIpc) is 3.28. The molecule has 0 bridgehead atoms. The molecular weight excluding hydrogens is 402 g/mol. The fourth-order valence-corrected chi connectivity index (χ4v) is 4.55. The van der Waals surface area contributed by atoms with Crippen LogP contribution in [0.25, 0.3) is 22.4 Å². The van der Waals surface area contributed by atoms with E-state index in [1.807, 2.05) is 13.8 Å². The van der Waals surface area contributed by atoms with Crippen molar-refractivity contribution in [1.82, 2.24) is 10.1 Å². The van der Waals surface area contributed by atoms with Crippen LogP contribution in [0.1, 0.15) is 25.8 Å². The number of nitrogens with zero attached hydrogens (tertiary/aromatic N) is 2. The third-order valence-corrected chi connectivity index (χ3v) is 5.94. The number of ether oxygens (including phenoxy) is 2. The van der Waals surface area contributed by atoms with Gasteiger partial charge in [-0.25, -0.2) is 4.98 Å². The molecule has 1 amide bonds. The minimum absolute atomic E-state index is 0.267. The molecule has 0 saturated heterocycles. The summed E-state index contributed by atoms with van der Waals surface area (Å²) >= 11 is 1.69. The molecule has 1 N–H and O–H groups in total. The summed E-state index contributed by atoms with van der Waals surface area (Å²) in [7, 11) is 0. The van der Waals surface area contributed by atoms with Gasteiger partial charge in [0.25, 0.3) is 11.6 Å². The van der Waals surface area contributed by atoms with Gasteiger partial charge in [-0.05, 0) is 45.0 Å². The zero-order valence-corrected chi connectivity index (χ0v) is 17.6. The first-order chi connectivity index (χ1) is 14.5. The summed E-state index contributed by atoms with van der Waals surface area (Å²) in [5, 5.41) is 7.57. The molecule has 7 nitrogen and oxygen atoms in total. The molecule has 1 aliphatic rings. The maximum absolute atomic E-state index is 13.2. The van der Waals surface area contributed by atoms with Gasteiger partial charge in [-0.2, -0.15) is 0 Å². The molecule has 152 valence electrons. The maximum Gasteiger partial charge on any atom is 0.259 e. The molecule has 0 spiro atoms. The van der Waals surface area contributed by atoms with E-state index < -0.39 is 0 Å². The second-order valence-corrected chi connectivity index (χ2v) is 8.60. The van der Waals surface area contributed by atoms with Gasteiger partial charge in [-0.1, -0.05) is 5.16 Å². The maximum atomic E-state index is 13.2. The number of fused-ring (bicyclic) bond motifs is 2. The predicted molar refractivity (Wildman–Crippen MR) is 115 cm³/mol. The van der Waals surface area contributed by atoms with Crippen LogP contribution in [0.4, 0.5) is 5.69 Å². The summed E-state index contributed by atoms with van der Waals surface area (Å²) in [4.78, 5) is 20.2. The fourth-order valence-electron chi connectivity index (χ4n) is 3.62. The summed E-state index contributed by atoms with van der Waals surface area (Å²) in [5.74, 6) is 1.02. The summed E-state index contributed by atoms with van der Waals surface area (Å²) < 4.78 is 16.6. The first-order valence-corrected chi connectivity index (χ1v) is 10.4. The largest absolute Gasteiger partial charge is 0.486 e. The van der Waals surface area contributed by atoms with Gasteiger partial charge in [0.05, 0.1) is 22.3 Å². The highest BCUT2D eigenvalue weighted by atomic mass is 32.1. The highest BCUT2D eigenvalue weighted by molar-refractivity contribution is 7.12. The van der Waals surface area contributed by atoms with Gasteiger partial charge in [0.1, 0.15) is 13.2 Å². The van der Waals surface area contributed by atoms with Crippen molar-refractivity contribution < 1.29 is 18.8 Å². The van der Waals surface area contributed by atoms with Crippen LogP contribution in [0.3, 0.4) is 0 Å². The SMILES string of the molecule is Cc1cc(-c2cc(C(=O)Nc3ccc4c(c3)OCCO4)c3c(C)noc3n2)c(C)s1. The second-order valence-electron chi connectivity index (χ2n) is 7.14. The molecule has 30 heavy (non-hydrogen) atoms. The van der Waals surface area contributed by atoms with E-state index in [0.29, 0.717) is 58.5 Å². The Morgan fingerprint density at radius 1 is 1.07 bits per heavy atom. The lowest BCUT2D eigenvalue weighted by molar-refractivity contribution is 0.102. The molecule has 8 heteroatoms. The third kappa shape index (κ3) is 3.19. The van der Waals surface area contributed by atoms with E-state index in [2.05, 4.69) is 21.5 Å². The molecular formula is C22H19N3O4S. The van der Waals surface area contributed by atoms with Crippen LogP contribution in [0.15, 0.2) is 34.9 Å². The Bertz CT molecular complexity index is 1290. The van der Waals surface area contributed by atoms with E-state index >= 15 is 0 Å². The minimum atomic E-state index is -0.267. The standard InChI is InChI=1S/C22H19N3O4S/c1-11-8-15(13(3)30-11)17-10-16(20-12(2)25-29-22(20)24-17)21(26)23-14-4-5-18-19(9-14)28-7-6-27-18/h4-5,8-10H,6-7H2,1-3H3,(H,23,26). The van der Waals surface area contributed by atoms with Crippen LogP contribution < -0.4 is 14.8 Å². The molecule has 1 aliphatic heterocycles. The lowest BCUT2D eigenvalue weighted by Gasteiger charge is -2.19. The van der Waals surface area contributed by atoms with Gasteiger partial charge < -0.3 is 19.3 Å². The Hall–Kier alpha value is -3.39. The minimum Gasteiger partial charge on any atom is -0.486 e. The van der Waals surface area contributed by atoms with Gasteiger partial charge in [-0.15, -0.1) is 11.3 Å². The highest BCUT2D eigenvalue weighted by Gasteiger charge is 2.21. The molecule has 0 aliphatic carbocycles. The molecule has 4 aromatic rings. The van der Waals surface area contributed by atoms with Gasteiger partial charge in [0, 0.05) is 27.1 Å². The second kappa shape index (κ2) is 7.14. The topological polar surface area (TPSA) is 86.5 Å². The number of carbonyl (C=O) groups excluding carboxylic acids is 1. The number of aryl methyl sites for hydroxylation is 3. The van der Waals surface area contributed by atoms with Crippen molar-refractivity contribution in [3.05, 3.63) is 51.3 Å². The van der Waals surface area contributed by atoms with Crippen molar-refractivity contribution in [1.29, 1.82) is 0 Å². The smallest absolute Gasteiger partial charge is 0.259 e. The number of pyridine rings is 1. The number of benzene rings is 1. The Kier molecular flexibility index (Phi) is 4.43. The van der Waals surface area contributed by atoms with E-state index in [1.54, 1.807) is 42.5 Å². The van der Waals surface area contributed by atoms with Crippen LogP contribution in [-0.4, -0.2) is 29.3 Å². The third-order valence-electron chi connectivity index (χ3n) is 4.98. The van der Waals surface area contributed by atoms with Gasteiger partial charge in [0.2, 0.25) is 0 Å². The zero-order chi connectivity index (χ0) is 20.8. The fraction of sp³-hybridized carbons (Fsp3) is 0.227. The Labute approximate surface area is 176 Å². The summed E-state index contributed by atoms with van der Waals surface area (Å²) in [6, 6.07) is 9.21. The molecule has 0 unspecified atom stereocenters. The van der Waals surface area contributed by atoms with Crippen molar-refractivity contribution in [3.63, 3.8) is 0 Å². The quantitative estimate of drug-likeness (QED) is 0.506. The summed E-state index contributed by atoms with van der Waals surface area (Å²) in [5.41, 5.74) is 3.73. The molecule has 1 aromatic carbocycles. The monoisotopic (exact) mass is 421 g/mol. The van der Waals surface area contributed by atoms with E-state index in [4.69, 9.17) is 14.0 Å². The predicted octanol–water partition coefficient (Wildman–Crippen LogP) is 4.90. The molecule has 5 rings (SSSR count). The van der Waals surface area contributed by atoms with E-state index in [-0.39, 0.29) is 5.91 Å². The summed E-state index contributed by atoms with van der Waals surface area (Å²) in [6.07, 6.45) is 0. The number of anilines is 1. The number of thiophene rings is 1. The number of rotatable bonds is 3. The normalized spacial score (nSPS) is 12.9. The molecule has 0 radical (unpaired) electrons. The number of hydrogen-bond acceptors (Lipinski definition) is 7. The lowest BCUT2D eigenvalue weighted by atomic mass is 10.1. The highest BCUT2D eigenvalue weighted by Crippen LogP contribution is 2.35. The number of carbonyl (C=O) groups is 1. The molecule has 0 saturated carbocycles. The lowest BCUT2D eigenvalue weighted by Crippen LogP contribution is -2.16.